The Morgan fingerprint density at radius 2 is 1.58 bits per heavy atom. The molecule has 2 aromatic rings. The fraction of sp³-hybridized carbons (Fsp3) is 0.333. The SMILES string of the molecule is CN(C)CC(Br)Cc1ccccc1.Cc1ccc(S(=O)(=O)O)cc1. The zero-order valence-electron chi connectivity index (χ0n) is 14.2. The van der Waals surface area contributed by atoms with Gasteiger partial charge in [0.1, 0.15) is 0 Å². The molecule has 132 valence electrons. The van der Waals surface area contributed by atoms with Crippen LogP contribution in [-0.4, -0.2) is 43.3 Å². The van der Waals surface area contributed by atoms with Crippen molar-refractivity contribution in [2.45, 2.75) is 23.1 Å². The van der Waals surface area contributed by atoms with E-state index in [-0.39, 0.29) is 4.90 Å². The fourth-order valence-electron chi connectivity index (χ4n) is 2.04. The predicted molar refractivity (Wildman–Crippen MR) is 102 cm³/mol. The van der Waals surface area contributed by atoms with Gasteiger partial charge in [0.25, 0.3) is 10.1 Å². The monoisotopic (exact) mass is 413 g/mol. The average Bonchev–Trinajstić information content (AvgIpc) is 2.47. The van der Waals surface area contributed by atoms with Gasteiger partial charge in [-0.1, -0.05) is 64.0 Å². The van der Waals surface area contributed by atoms with E-state index < -0.39 is 10.1 Å². The van der Waals surface area contributed by atoms with Crippen molar-refractivity contribution in [2.24, 2.45) is 0 Å². The van der Waals surface area contributed by atoms with Crippen molar-refractivity contribution in [3.05, 3.63) is 65.7 Å². The van der Waals surface area contributed by atoms with Gasteiger partial charge in [-0.2, -0.15) is 8.42 Å². The van der Waals surface area contributed by atoms with E-state index in [1.165, 1.54) is 17.7 Å². The zero-order valence-corrected chi connectivity index (χ0v) is 16.6. The fourth-order valence-corrected chi connectivity index (χ4v) is 3.47. The summed E-state index contributed by atoms with van der Waals surface area (Å²) >= 11 is 3.67. The lowest BCUT2D eigenvalue weighted by atomic mass is 10.1. The van der Waals surface area contributed by atoms with E-state index in [1.807, 2.05) is 6.92 Å². The van der Waals surface area contributed by atoms with Gasteiger partial charge >= 0.3 is 0 Å². The summed E-state index contributed by atoms with van der Waals surface area (Å²) in [4.78, 5) is 2.68. The van der Waals surface area contributed by atoms with Crippen LogP contribution in [-0.2, 0) is 16.5 Å². The molecule has 0 bridgehead atoms. The minimum atomic E-state index is -4.02. The summed E-state index contributed by atoms with van der Waals surface area (Å²) in [6.45, 7) is 2.92. The molecule has 6 heteroatoms. The Hall–Kier alpha value is -1.21. The predicted octanol–water partition coefficient (Wildman–Crippen LogP) is 3.80. The standard InChI is InChI=1S/C11H16BrN.C7H8O3S/c1-13(2)9-11(12)8-10-6-4-3-5-7-10;1-6-2-4-7(5-3-6)11(8,9)10/h3-7,11H,8-9H2,1-2H3;2-5H,1H3,(H,8,9,10). The highest BCUT2D eigenvalue weighted by atomic mass is 79.9. The first-order chi connectivity index (χ1) is 11.2. The van der Waals surface area contributed by atoms with Crippen LogP contribution in [0.1, 0.15) is 11.1 Å². The lowest BCUT2D eigenvalue weighted by molar-refractivity contribution is 0.408. The highest BCUT2D eigenvalue weighted by molar-refractivity contribution is 9.09. The Labute approximate surface area is 153 Å². The van der Waals surface area contributed by atoms with Crippen molar-refractivity contribution in [2.75, 3.05) is 20.6 Å². The second-order valence-electron chi connectivity index (χ2n) is 5.84. The van der Waals surface area contributed by atoms with Gasteiger partial charge in [0.05, 0.1) is 4.90 Å². The number of hydrogen-bond acceptors (Lipinski definition) is 3. The van der Waals surface area contributed by atoms with Crippen molar-refractivity contribution in [3.8, 4) is 0 Å². The maximum Gasteiger partial charge on any atom is 0.294 e. The van der Waals surface area contributed by atoms with Gasteiger partial charge < -0.3 is 4.90 Å². The third-order valence-corrected chi connectivity index (χ3v) is 4.66. The molecule has 0 amide bonds. The minimum absolute atomic E-state index is 0.0666. The lowest BCUT2D eigenvalue weighted by Crippen LogP contribution is -2.23. The van der Waals surface area contributed by atoms with Crippen LogP contribution in [0.5, 0.6) is 0 Å². The molecule has 0 aliphatic rings. The van der Waals surface area contributed by atoms with Gasteiger partial charge in [-0.15, -0.1) is 0 Å². The van der Waals surface area contributed by atoms with Gasteiger partial charge in [0.2, 0.25) is 0 Å². The first-order valence-corrected chi connectivity index (χ1v) is 9.91. The molecule has 1 N–H and O–H groups in total. The van der Waals surface area contributed by atoms with Gasteiger partial charge in [0, 0.05) is 11.4 Å². The molecule has 0 aliphatic carbocycles. The third-order valence-electron chi connectivity index (χ3n) is 3.18. The summed E-state index contributed by atoms with van der Waals surface area (Å²) in [5.74, 6) is 0. The summed E-state index contributed by atoms with van der Waals surface area (Å²) in [5.41, 5.74) is 2.35. The summed E-state index contributed by atoms with van der Waals surface area (Å²) in [7, 11) is 0.173. The van der Waals surface area contributed by atoms with Gasteiger partial charge in [-0.05, 0) is 45.1 Å². The first kappa shape index (κ1) is 20.8. The summed E-state index contributed by atoms with van der Waals surface area (Å²) in [5, 5.41) is 0. The van der Waals surface area contributed by atoms with Crippen LogP contribution >= 0.6 is 15.9 Å². The Balaban J connectivity index is 0.000000243. The van der Waals surface area contributed by atoms with Crippen LogP contribution in [0.3, 0.4) is 0 Å². The number of hydrogen-bond donors (Lipinski definition) is 1. The van der Waals surface area contributed by atoms with Crippen molar-refractivity contribution in [3.63, 3.8) is 0 Å². The topological polar surface area (TPSA) is 57.6 Å². The number of benzene rings is 2. The summed E-state index contributed by atoms with van der Waals surface area (Å²) in [6.07, 6.45) is 1.10. The van der Waals surface area contributed by atoms with Crippen LogP contribution in [0.15, 0.2) is 59.5 Å². The lowest BCUT2D eigenvalue weighted by Gasteiger charge is -2.15. The highest BCUT2D eigenvalue weighted by Gasteiger charge is 2.07. The molecule has 0 spiro atoms. The Morgan fingerprint density at radius 1 is 1.04 bits per heavy atom. The molecule has 0 heterocycles. The molecule has 0 fully saturated rings. The maximum atomic E-state index is 10.5. The highest BCUT2D eigenvalue weighted by Crippen LogP contribution is 2.10. The van der Waals surface area contributed by atoms with Crippen molar-refractivity contribution >= 4 is 26.0 Å². The van der Waals surface area contributed by atoms with E-state index in [4.69, 9.17) is 4.55 Å². The molecular formula is C18H24BrNO3S. The van der Waals surface area contributed by atoms with Crippen molar-refractivity contribution in [1.82, 2.24) is 4.90 Å². The molecular weight excluding hydrogens is 390 g/mol. The normalized spacial score (nSPS) is 12.4. The molecule has 1 atom stereocenters. The zero-order chi connectivity index (χ0) is 18.2. The quantitative estimate of drug-likeness (QED) is 0.598. The van der Waals surface area contributed by atoms with Crippen molar-refractivity contribution < 1.29 is 13.0 Å². The van der Waals surface area contributed by atoms with E-state index in [2.05, 4.69) is 65.3 Å². The van der Waals surface area contributed by atoms with Crippen LogP contribution in [0.2, 0.25) is 0 Å². The number of halogens is 1. The molecule has 0 radical (unpaired) electrons. The second kappa shape index (κ2) is 9.93. The van der Waals surface area contributed by atoms with Crippen LogP contribution in [0.25, 0.3) is 0 Å². The Morgan fingerprint density at radius 3 is 2.04 bits per heavy atom. The molecule has 0 aromatic heterocycles. The van der Waals surface area contributed by atoms with Gasteiger partial charge in [-0.25, -0.2) is 0 Å². The number of alkyl halides is 1. The Bertz CT molecular complexity index is 701. The number of nitrogens with zero attached hydrogens (tertiary/aromatic N) is 1. The molecule has 2 aromatic carbocycles. The molecule has 0 saturated carbocycles. The van der Waals surface area contributed by atoms with Crippen LogP contribution in [0.4, 0.5) is 0 Å². The van der Waals surface area contributed by atoms with Crippen LogP contribution in [0, 0.1) is 6.92 Å². The van der Waals surface area contributed by atoms with E-state index in [1.54, 1.807) is 12.1 Å². The molecule has 1 unspecified atom stereocenters. The van der Waals surface area contributed by atoms with E-state index in [9.17, 15) is 8.42 Å². The maximum absolute atomic E-state index is 10.5. The molecule has 4 nitrogen and oxygen atoms in total. The van der Waals surface area contributed by atoms with Crippen LogP contribution < -0.4 is 0 Å². The minimum Gasteiger partial charge on any atom is -0.308 e. The summed E-state index contributed by atoms with van der Waals surface area (Å²) in [6, 6.07) is 16.6. The van der Waals surface area contributed by atoms with E-state index in [0.29, 0.717) is 4.83 Å². The molecule has 0 saturated heterocycles. The Kier molecular flexibility index (Phi) is 8.62. The molecule has 0 aliphatic heterocycles. The third kappa shape index (κ3) is 8.59. The number of aryl methyl sites for hydroxylation is 1. The van der Waals surface area contributed by atoms with Crippen molar-refractivity contribution in [1.29, 1.82) is 0 Å². The van der Waals surface area contributed by atoms with E-state index in [0.717, 1.165) is 18.5 Å². The summed E-state index contributed by atoms with van der Waals surface area (Å²) < 4.78 is 29.6. The number of rotatable bonds is 5. The average molecular weight is 414 g/mol. The second-order valence-corrected chi connectivity index (χ2v) is 8.55. The first-order valence-electron chi connectivity index (χ1n) is 7.55. The molecule has 2 rings (SSSR count). The van der Waals surface area contributed by atoms with Gasteiger partial charge in [0.15, 0.2) is 0 Å². The van der Waals surface area contributed by atoms with Gasteiger partial charge in [-0.3, -0.25) is 4.55 Å². The molecule has 24 heavy (non-hydrogen) atoms. The smallest absolute Gasteiger partial charge is 0.294 e. The largest absolute Gasteiger partial charge is 0.308 e. The van der Waals surface area contributed by atoms with E-state index >= 15 is 0 Å².